The topological polar surface area (TPSA) is 70.7 Å². The van der Waals surface area contributed by atoms with Gasteiger partial charge >= 0.3 is 12.2 Å². The van der Waals surface area contributed by atoms with E-state index in [-0.39, 0.29) is 13.2 Å². The molecule has 1 spiro atoms. The van der Waals surface area contributed by atoms with E-state index in [9.17, 15) is 22.8 Å². The summed E-state index contributed by atoms with van der Waals surface area (Å²) >= 11 is 0. The van der Waals surface area contributed by atoms with Crippen LogP contribution in [0.5, 0.6) is 0 Å². The molecule has 19 heavy (non-hydrogen) atoms. The second kappa shape index (κ2) is 4.97. The highest BCUT2D eigenvalue weighted by molar-refractivity contribution is 6.07. The van der Waals surface area contributed by atoms with E-state index in [1.54, 1.807) is 0 Å². The molecule has 2 heterocycles. The first-order valence-corrected chi connectivity index (χ1v) is 5.83. The monoisotopic (exact) mass is 281 g/mol. The molecule has 0 saturated carbocycles. The molecule has 9 heteroatoms. The van der Waals surface area contributed by atoms with Crippen LogP contribution in [-0.2, 0) is 9.53 Å². The van der Waals surface area contributed by atoms with Gasteiger partial charge in [-0.1, -0.05) is 0 Å². The zero-order valence-corrected chi connectivity index (χ0v) is 10.0. The molecular formula is C10H14F3N3O3. The van der Waals surface area contributed by atoms with Gasteiger partial charge in [-0.25, -0.2) is 4.79 Å². The number of imide groups is 1. The van der Waals surface area contributed by atoms with Gasteiger partial charge in [0.05, 0.1) is 13.2 Å². The van der Waals surface area contributed by atoms with E-state index in [1.807, 2.05) is 0 Å². The number of ether oxygens (including phenoxy) is 1. The van der Waals surface area contributed by atoms with Gasteiger partial charge in [-0.15, -0.1) is 0 Å². The van der Waals surface area contributed by atoms with Crippen LogP contribution < -0.4 is 10.6 Å². The lowest BCUT2D eigenvalue weighted by molar-refractivity contribution is -0.174. The fourth-order valence-corrected chi connectivity index (χ4v) is 2.20. The Morgan fingerprint density at radius 1 is 1.37 bits per heavy atom. The number of nitrogens with zero attached hydrogens (tertiary/aromatic N) is 1. The summed E-state index contributed by atoms with van der Waals surface area (Å²) in [7, 11) is 0. The Bertz CT molecular complexity index is 380. The van der Waals surface area contributed by atoms with Crippen molar-refractivity contribution < 1.29 is 27.5 Å². The molecule has 2 aliphatic rings. The van der Waals surface area contributed by atoms with E-state index in [0.29, 0.717) is 19.5 Å². The Morgan fingerprint density at radius 2 is 2.11 bits per heavy atom. The van der Waals surface area contributed by atoms with E-state index in [1.165, 1.54) is 0 Å². The first kappa shape index (κ1) is 14.1. The first-order chi connectivity index (χ1) is 8.84. The normalized spacial score (nSPS) is 27.4. The summed E-state index contributed by atoms with van der Waals surface area (Å²) in [6.45, 7) is -0.935. The van der Waals surface area contributed by atoms with Crippen LogP contribution in [0.1, 0.15) is 6.42 Å². The Labute approximate surface area is 107 Å². The third-order valence-electron chi connectivity index (χ3n) is 3.13. The Kier molecular flexibility index (Phi) is 3.68. The molecule has 0 aromatic rings. The van der Waals surface area contributed by atoms with Crippen molar-refractivity contribution in [1.82, 2.24) is 15.5 Å². The number of hydrogen-bond donors (Lipinski definition) is 2. The second-order valence-corrected chi connectivity index (χ2v) is 4.56. The minimum atomic E-state index is -4.41. The number of carbonyl (C=O) groups is 2. The maximum Gasteiger partial charge on any atom is 0.411 e. The summed E-state index contributed by atoms with van der Waals surface area (Å²) in [5, 5.41) is 5.55. The molecule has 0 aliphatic carbocycles. The average Bonchev–Trinajstić information content (AvgIpc) is 2.84. The number of carbonyl (C=O) groups excluding carboxylic acids is 2. The Hall–Kier alpha value is -1.35. The van der Waals surface area contributed by atoms with Gasteiger partial charge in [0.25, 0.3) is 5.91 Å². The lowest BCUT2D eigenvalue weighted by atomic mass is 9.99. The number of halogens is 3. The average molecular weight is 281 g/mol. The van der Waals surface area contributed by atoms with Crippen LogP contribution in [0.25, 0.3) is 0 Å². The molecule has 0 aromatic carbocycles. The van der Waals surface area contributed by atoms with Crippen molar-refractivity contribution in [2.45, 2.75) is 18.1 Å². The van der Waals surface area contributed by atoms with E-state index < -0.39 is 30.3 Å². The first-order valence-electron chi connectivity index (χ1n) is 5.83. The maximum absolute atomic E-state index is 12.1. The standard InChI is InChI=1S/C10H14F3N3O3/c11-10(12,13)6-19-4-3-16-7(17)9(15-8(16)18)1-2-14-5-9/h14H,1-6H2,(H,15,18). The van der Waals surface area contributed by atoms with Crippen molar-refractivity contribution in [3.8, 4) is 0 Å². The summed E-state index contributed by atoms with van der Waals surface area (Å²) in [6.07, 6.45) is -3.93. The molecular weight excluding hydrogens is 267 g/mol. The molecule has 0 bridgehead atoms. The highest BCUT2D eigenvalue weighted by atomic mass is 19.4. The quantitative estimate of drug-likeness (QED) is 0.555. The van der Waals surface area contributed by atoms with Crippen molar-refractivity contribution in [2.75, 3.05) is 32.8 Å². The SMILES string of the molecule is O=C1NC2(CCNC2)C(=O)N1CCOCC(F)(F)F. The summed E-state index contributed by atoms with van der Waals surface area (Å²) in [5.41, 5.74) is -0.929. The van der Waals surface area contributed by atoms with Crippen LogP contribution in [-0.4, -0.2) is 61.4 Å². The minimum absolute atomic E-state index is 0.178. The molecule has 2 aliphatic heterocycles. The molecule has 2 rings (SSSR count). The molecule has 0 radical (unpaired) electrons. The third-order valence-corrected chi connectivity index (χ3v) is 3.13. The van der Waals surface area contributed by atoms with Crippen LogP contribution in [0.2, 0.25) is 0 Å². The number of rotatable bonds is 4. The number of urea groups is 1. The van der Waals surface area contributed by atoms with E-state index in [4.69, 9.17) is 0 Å². The van der Waals surface area contributed by atoms with Crippen LogP contribution in [0.4, 0.5) is 18.0 Å². The summed E-state index contributed by atoms with van der Waals surface area (Å²) in [5.74, 6) is -0.405. The van der Waals surface area contributed by atoms with Crippen molar-refractivity contribution in [3.63, 3.8) is 0 Å². The van der Waals surface area contributed by atoms with Gasteiger partial charge in [-0.3, -0.25) is 9.69 Å². The predicted molar refractivity (Wildman–Crippen MR) is 57.3 cm³/mol. The minimum Gasteiger partial charge on any atom is -0.370 e. The van der Waals surface area contributed by atoms with Gasteiger partial charge in [0.2, 0.25) is 0 Å². The van der Waals surface area contributed by atoms with Crippen molar-refractivity contribution >= 4 is 11.9 Å². The Balaban J connectivity index is 1.84. The lowest BCUT2D eigenvalue weighted by Gasteiger charge is -2.19. The molecule has 1 atom stereocenters. The lowest BCUT2D eigenvalue weighted by Crippen LogP contribution is -2.48. The van der Waals surface area contributed by atoms with Crippen molar-refractivity contribution in [1.29, 1.82) is 0 Å². The van der Waals surface area contributed by atoms with E-state index in [0.717, 1.165) is 4.90 Å². The zero-order valence-electron chi connectivity index (χ0n) is 10.0. The molecule has 3 amide bonds. The molecule has 108 valence electrons. The third kappa shape index (κ3) is 2.98. The fourth-order valence-electron chi connectivity index (χ4n) is 2.20. The maximum atomic E-state index is 12.1. The van der Waals surface area contributed by atoms with E-state index >= 15 is 0 Å². The predicted octanol–water partition coefficient (Wildman–Crippen LogP) is -0.151. The number of amides is 3. The second-order valence-electron chi connectivity index (χ2n) is 4.56. The zero-order chi connectivity index (χ0) is 14.1. The number of nitrogens with one attached hydrogen (secondary N) is 2. The van der Waals surface area contributed by atoms with Crippen LogP contribution in [0, 0.1) is 0 Å². The molecule has 2 fully saturated rings. The van der Waals surface area contributed by atoms with Crippen molar-refractivity contribution in [3.05, 3.63) is 0 Å². The van der Waals surface area contributed by atoms with Crippen LogP contribution >= 0.6 is 0 Å². The fraction of sp³-hybridized carbons (Fsp3) is 0.800. The van der Waals surface area contributed by atoms with Gasteiger partial charge in [0.1, 0.15) is 12.1 Å². The molecule has 2 N–H and O–H groups in total. The number of alkyl halides is 3. The molecule has 2 saturated heterocycles. The number of hydrogen-bond acceptors (Lipinski definition) is 4. The van der Waals surface area contributed by atoms with Gasteiger partial charge in [0.15, 0.2) is 0 Å². The molecule has 1 unspecified atom stereocenters. The smallest absolute Gasteiger partial charge is 0.370 e. The summed E-state index contributed by atoms with van der Waals surface area (Å²) < 4.78 is 40.0. The van der Waals surface area contributed by atoms with Crippen LogP contribution in [0.15, 0.2) is 0 Å². The van der Waals surface area contributed by atoms with Gasteiger partial charge in [-0.05, 0) is 13.0 Å². The summed E-state index contributed by atoms with van der Waals surface area (Å²) in [6, 6.07) is -0.579. The van der Waals surface area contributed by atoms with Gasteiger partial charge in [0, 0.05) is 6.54 Å². The van der Waals surface area contributed by atoms with Gasteiger partial charge < -0.3 is 15.4 Å². The molecule has 0 aromatic heterocycles. The van der Waals surface area contributed by atoms with E-state index in [2.05, 4.69) is 15.4 Å². The highest BCUT2D eigenvalue weighted by Gasteiger charge is 2.52. The van der Waals surface area contributed by atoms with Gasteiger partial charge in [-0.2, -0.15) is 13.2 Å². The van der Waals surface area contributed by atoms with Crippen molar-refractivity contribution in [2.24, 2.45) is 0 Å². The largest absolute Gasteiger partial charge is 0.411 e. The molecule has 6 nitrogen and oxygen atoms in total. The Morgan fingerprint density at radius 3 is 2.68 bits per heavy atom. The summed E-state index contributed by atoms with van der Waals surface area (Å²) in [4.78, 5) is 24.6. The highest BCUT2D eigenvalue weighted by Crippen LogP contribution is 2.24. The van der Waals surface area contributed by atoms with Crippen LogP contribution in [0.3, 0.4) is 0 Å².